The molecule has 0 saturated heterocycles. The Morgan fingerprint density at radius 2 is 1.66 bits per heavy atom. The Balaban J connectivity index is 1.35. The quantitative estimate of drug-likeness (QED) is 0.425. The van der Waals surface area contributed by atoms with Crippen LogP contribution in [0.25, 0.3) is 11.4 Å². The highest BCUT2D eigenvalue weighted by Crippen LogP contribution is 2.24. The van der Waals surface area contributed by atoms with Crippen LogP contribution in [-0.2, 0) is 11.2 Å². The zero-order valence-electron chi connectivity index (χ0n) is 17.8. The molecule has 0 spiro atoms. The van der Waals surface area contributed by atoms with Crippen molar-refractivity contribution in [2.45, 2.75) is 25.7 Å². The van der Waals surface area contributed by atoms with Crippen molar-refractivity contribution >= 4 is 5.91 Å². The zero-order chi connectivity index (χ0) is 22.3. The molecular formula is C26H24FN3O2. The van der Waals surface area contributed by atoms with Gasteiger partial charge in [0.25, 0.3) is 0 Å². The van der Waals surface area contributed by atoms with E-state index >= 15 is 0 Å². The second kappa shape index (κ2) is 10.0. The first kappa shape index (κ1) is 21.4. The predicted octanol–water partition coefficient (Wildman–Crippen LogP) is 5.07. The molecule has 32 heavy (non-hydrogen) atoms. The number of hydrogen-bond donors (Lipinski definition) is 1. The number of rotatable bonds is 8. The summed E-state index contributed by atoms with van der Waals surface area (Å²) < 4.78 is 19.0. The molecule has 0 unspecified atom stereocenters. The first-order valence-electron chi connectivity index (χ1n) is 10.6. The Labute approximate surface area is 186 Å². The van der Waals surface area contributed by atoms with Gasteiger partial charge in [0.15, 0.2) is 0 Å². The van der Waals surface area contributed by atoms with E-state index in [1.807, 2.05) is 36.4 Å². The molecule has 1 N–H and O–H groups in total. The minimum Gasteiger partial charge on any atom is -0.355 e. The Kier molecular flexibility index (Phi) is 6.70. The van der Waals surface area contributed by atoms with E-state index in [4.69, 9.17) is 4.52 Å². The number of nitrogens with one attached hydrogen (secondary N) is 1. The van der Waals surface area contributed by atoms with Gasteiger partial charge in [-0.1, -0.05) is 78.0 Å². The monoisotopic (exact) mass is 429 g/mol. The molecule has 0 fully saturated rings. The van der Waals surface area contributed by atoms with Crippen molar-refractivity contribution < 1.29 is 13.7 Å². The molecule has 4 rings (SSSR count). The van der Waals surface area contributed by atoms with Crippen LogP contribution in [0.4, 0.5) is 4.39 Å². The number of hydrogen-bond acceptors (Lipinski definition) is 4. The summed E-state index contributed by atoms with van der Waals surface area (Å²) in [5, 5.41) is 6.93. The van der Waals surface area contributed by atoms with Crippen LogP contribution in [0.1, 0.15) is 34.9 Å². The number of carbonyl (C=O) groups is 1. The number of amides is 1. The second-order valence-electron chi connectivity index (χ2n) is 7.65. The molecule has 0 aliphatic carbocycles. The van der Waals surface area contributed by atoms with Crippen molar-refractivity contribution in [2.75, 3.05) is 6.54 Å². The van der Waals surface area contributed by atoms with Crippen molar-refractivity contribution in [1.29, 1.82) is 0 Å². The molecule has 1 aromatic heterocycles. The molecule has 0 saturated carbocycles. The minimum atomic E-state index is -0.320. The van der Waals surface area contributed by atoms with E-state index in [2.05, 4.69) is 39.7 Å². The van der Waals surface area contributed by atoms with E-state index in [9.17, 15) is 9.18 Å². The molecule has 0 aliphatic heterocycles. The van der Waals surface area contributed by atoms with E-state index in [-0.39, 0.29) is 24.1 Å². The summed E-state index contributed by atoms with van der Waals surface area (Å²) in [5.41, 5.74) is 3.39. The van der Waals surface area contributed by atoms with E-state index in [0.717, 1.165) is 11.1 Å². The van der Waals surface area contributed by atoms with Gasteiger partial charge in [-0.2, -0.15) is 4.98 Å². The van der Waals surface area contributed by atoms with Crippen LogP contribution in [0.5, 0.6) is 0 Å². The summed E-state index contributed by atoms with van der Waals surface area (Å²) >= 11 is 0. The number of halogens is 1. The van der Waals surface area contributed by atoms with Crippen LogP contribution >= 0.6 is 0 Å². The Hall–Kier alpha value is -3.80. The molecule has 6 heteroatoms. The standard InChI is InChI=1S/C26H24FN3O2/c1-18-12-13-21(16-23(18)27)26-29-25(32-30-26)15-14-24(31)28-17-22(19-8-4-2-5-9-19)20-10-6-3-7-11-20/h2-13,16,22H,14-15,17H2,1H3,(H,28,31). The summed E-state index contributed by atoms with van der Waals surface area (Å²) in [7, 11) is 0. The van der Waals surface area contributed by atoms with E-state index in [1.54, 1.807) is 19.1 Å². The molecule has 4 aromatic rings. The molecule has 1 amide bonds. The third-order valence-electron chi connectivity index (χ3n) is 5.37. The number of nitrogens with zero attached hydrogens (tertiary/aromatic N) is 2. The summed E-state index contributed by atoms with van der Waals surface area (Å²) in [6.07, 6.45) is 0.536. The summed E-state index contributed by atoms with van der Waals surface area (Å²) in [6, 6.07) is 25.0. The number of aromatic nitrogens is 2. The number of carbonyl (C=O) groups excluding carboxylic acids is 1. The van der Waals surface area contributed by atoms with Crippen LogP contribution in [-0.4, -0.2) is 22.6 Å². The van der Waals surface area contributed by atoms with Crippen LogP contribution in [0.3, 0.4) is 0 Å². The molecule has 0 aliphatic rings. The fourth-order valence-corrected chi connectivity index (χ4v) is 3.53. The average Bonchev–Trinajstić information content (AvgIpc) is 3.30. The first-order valence-corrected chi connectivity index (χ1v) is 10.6. The van der Waals surface area contributed by atoms with Gasteiger partial charge in [-0.15, -0.1) is 0 Å². The highest BCUT2D eigenvalue weighted by atomic mass is 19.1. The van der Waals surface area contributed by atoms with E-state index < -0.39 is 0 Å². The molecule has 162 valence electrons. The van der Waals surface area contributed by atoms with E-state index in [0.29, 0.717) is 35.8 Å². The Morgan fingerprint density at radius 3 is 2.28 bits per heavy atom. The van der Waals surface area contributed by atoms with Gasteiger partial charge in [-0.3, -0.25) is 4.79 Å². The lowest BCUT2D eigenvalue weighted by molar-refractivity contribution is -0.121. The van der Waals surface area contributed by atoms with Gasteiger partial charge in [-0.25, -0.2) is 4.39 Å². The predicted molar refractivity (Wildman–Crippen MR) is 120 cm³/mol. The lowest BCUT2D eigenvalue weighted by Crippen LogP contribution is -2.29. The van der Waals surface area contributed by atoms with Gasteiger partial charge in [0.05, 0.1) is 0 Å². The molecule has 0 bridgehead atoms. The van der Waals surface area contributed by atoms with Gasteiger partial charge in [0.2, 0.25) is 17.6 Å². The van der Waals surface area contributed by atoms with Crippen molar-refractivity contribution in [3.05, 3.63) is 107 Å². The topological polar surface area (TPSA) is 68.0 Å². The Bertz CT molecular complexity index is 1140. The van der Waals surface area contributed by atoms with Gasteiger partial charge >= 0.3 is 0 Å². The largest absolute Gasteiger partial charge is 0.355 e. The number of aryl methyl sites for hydroxylation is 2. The summed E-state index contributed by atoms with van der Waals surface area (Å²) in [4.78, 5) is 16.8. The van der Waals surface area contributed by atoms with E-state index in [1.165, 1.54) is 6.07 Å². The molecular weight excluding hydrogens is 405 g/mol. The normalized spacial score (nSPS) is 11.0. The zero-order valence-corrected chi connectivity index (χ0v) is 17.8. The van der Waals surface area contributed by atoms with Crippen LogP contribution in [0.2, 0.25) is 0 Å². The lowest BCUT2D eigenvalue weighted by Gasteiger charge is -2.18. The molecule has 0 radical (unpaired) electrons. The Morgan fingerprint density at radius 1 is 1.00 bits per heavy atom. The third-order valence-corrected chi connectivity index (χ3v) is 5.37. The maximum Gasteiger partial charge on any atom is 0.227 e. The van der Waals surface area contributed by atoms with Gasteiger partial charge < -0.3 is 9.84 Å². The maximum absolute atomic E-state index is 13.8. The van der Waals surface area contributed by atoms with Crippen molar-refractivity contribution in [3.63, 3.8) is 0 Å². The van der Waals surface area contributed by atoms with Gasteiger partial charge in [-0.05, 0) is 29.7 Å². The van der Waals surface area contributed by atoms with Crippen LogP contribution < -0.4 is 5.32 Å². The average molecular weight is 429 g/mol. The van der Waals surface area contributed by atoms with Crippen LogP contribution in [0, 0.1) is 12.7 Å². The summed E-state index contributed by atoms with van der Waals surface area (Å²) in [6.45, 7) is 2.18. The summed E-state index contributed by atoms with van der Waals surface area (Å²) in [5.74, 6) is 0.307. The van der Waals surface area contributed by atoms with Crippen molar-refractivity contribution in [2.24, 2.45) is 0 Å². The fraction of sp³-hybridized carbons (Fsp3) is 0.192. The molecule has 1 heterocycles. The molecule has 0 atom stereocenters. The second-order valence-corrected chi connectivity index (χ2v) is 7.65. The van der Waals surface area contributed by atoms with Crippen molar-refractivity contribution in [3.8, 4) is 11.4 Å². The fourth-order valence-electron chi connectivity index (χ4n) is 3.53. The first-order chi connectivity index (χ1) is 15.6. The lowest BCUT2D eigenvalue weighted by atomic mass is 9.91. The highest BCUT2D eigenvalue weighted by molar-refractivity contribution is 5.76. The highest BCUT2D eigenvalue weighted by Gasteiger charge is 2.16. The van der Waals surface area contributed by atoms with Gasteiger partial charge in [0.1, 0.15) is 5.82 Å². The minimum absolute atomic E-state index is 0.0628. The van der Waals surface area contributed by atoms with Crippen LogP contribution in [0.15, 0.2) is 83.4 Å². The van der Waals surface area contributed by atoms with Crippen molar-refractivity contribution in [1.82, 2.24) is 15.5 Å². The van der Waals surface area contributed by atoms with Gasteiger partial charge in [0, 0.05) is 30.9 Å². The third kappa shape index (κ3) is 5.27. The SMILES string of the molecule is Cc1ccc(-c2noc(CCC(=O)NCC(c3ccccc3)c3ccccc3)n2)cc1F. The number of benzene rings is 3. The smallest absolute Gasteiger partial charge is 0.227 e. The maximum atomic E-state index is 13.8. The molecule has 5 nitrogen and oxygen atoms in total. The molecule has 3 aromatic carbocycles.